The van der Waals surface area contributed by atoms with Gasteiger partial charge in [-0.25, -0.2) is 9.98 Å². The molecule has 1 N–H and O–H groups in total. The van der Waals surface area contributed by atoms with Crippen LogP contribution in [0.1, 0.15) is 56.7 Å². The molecule has 8 heteroatoms. The zero-order valence-corrected chi connectivity index (χ0v) is 20.3. The Labute approximate surface area is 190 Å². The molecule has 0 aromatic carbocycles. The molecule has 0 saturated carbocycles. The SMILES string of the molecule is CCNC(=NCc1csc(CC)n1)N1CCC(OCC2CCCCO2)CC1.I. The van der Waals surface area contributed by atoms with E-state index in [4.69, 9.17) is 14.5 Å². The van der Waals surface area contributed by atoms with E-state index in [9.17, 15) is 0 Å². The van der Waals surface area contributed by atoms with E-state index < -0.39 is 0 Å². The zero-order valence-electron chi connectivity index (χ0n) is 17.2. The molecule has 160 valence electrons. The third-order valence-electron chi connectivity index (χ3n) is 5.16. The van der Waals surface area contributed by atoms with Gasteiger partial charge in [-0.2, -0.15) is 0 Å². The summed E-state index contributed by atoms with van der Waals surface area (Å²) in [5.41, 5.74) is 1.07. The number of hydrogen-bond donors (Lipinski definition) is 1. The van der Waals surface area contributed by atoms with Crippen LogP contribution in [0.4, 0.5) is 0 Å². The zero-order chi connectivity index (χ0) is 18.9. The molecule has 1 unspecified atom stereocenters. The maximum atomic E-state index is 6.13. The van der Waals surface area contributed by atoms with Crippen LogP contribution < -0.4 is 5.32 Å². The van der Waals surface area contributed by atoms with Crippen molar-refractivity contribution in [3.63, 3.8) is 0 Å². The van der Waals surface area contributed by atoms with Gasteiger partial charge in [0.05, 0.1) is 36.1 Å². The summed E-state index contributed by atoms with van der Waals surface area (Å²) in [4.78, 5) is 11.8. The highest BCUT2D eigenvalue weighted by Crippen LogP contribution is 2.18. The summed E-state index contributed by atoms with van der Waals surface area (Å²) >= 11 is 1.73. The third kappa shape index (κ3) is 7.42. The molecule has 1 atom stereocenters. The molecule has 3 rings (SSSR count). The molecule has 0 aliphatic carbocycles. The summed E-state index contributed by atoms with van der Waals surface area (Å²) in [6.45, 7) is 9.41. The maximum absolute atomic E-state index is 6.13. The Balaban J connectivity index is 0.00000280. The smallest absolute Gasteiger partial charge is 0.194 e. The van der Waals surface area contributed by atoms with Crippen LogP contribution in [0.3, 0.4) is 0 Å². The van der Waals surface area contributed by atoms with Crippen LogP contribution in [0.15, 0.2) is 10.4 Å². The predicted molar refractivity (Wildman–Crippen MR) is 126 cm³/mol. The molecule has 2 saturated heterocycles. The normalized spacial score (nSPS) is 21.4. The number of halogens is 1. The van der Waals surface area contributed by atoms with E-state index in [2.05, 4.69) is 34.4 Å². The molecule has 6 nitrogen and oxygen atoms in total. The van der Waals surface area contributed by atoms with E-state index in [0.29, 0.717) is 18.8 Å². The number of aliphatic imine (C=N–C) groups is 1. The molecule has 1 aromatic heterocycles. The fourth-order valence-corrected chi connectivity index (χ4v) is 4.32. The predicted octanol–water partition coefficient (Wildman–Crippen LogP) is 3.84. The van der Waals surface area contributed by atoms with Crippen molar-refractivity contribution in [3.8, 4) is 0 Å². The number of aromatic nitrogens is 1. The molecule has 1 aromatic rings. The minimum absolute atomic E-state index is 0. The van der Waals surface area contributed by atoms with Crippen LogP contribution in [-0.4, -0.2) is 60.9 Å². The number of nitrogens with zero attached hydrogens (tertiary/aromatic N) is 3. The van der Waals surface area contributed by atoms with E-state index >= 15 is 0 Å². The van der Waals surface area contributed by atoms with Gasteiger partial charge in [0, 0.05) is 31.6 Å². The van der Waals surface area contributed by atoms with Crippen molar-refractivity contribution >= 4 is 41.3 Å². The average Bonchev–Trinajstić information content (AvgIpc) is 3.19. The highest BCUT2D eigenvalue weighted by atomic mass is 127. The minimum Gasteiger partial charge on any atom is -0.376 e. The van der Waals surface area contributed by atoms with Gasteiger partial charge in [0.25, 0.3) is 0 Å². The van der Waals surface area contributed by atoms with E-state index in [1.807, 2.05) is 0 Å². The average molecular weight is 522 g/mol. The minimum atomic E-state index is 0. The van der Waals surface area contributed by atoms with Crippen molar-refractivity contribution in [2.75, 3.05) is 32.8 Å². The molecule has 0 bridgehead atoms. The molecule has 0 spiro atoms. The first-order chi connectivity index (χ1) is 13.3. The summed E-state index contributed by atoms with van der Waals surface area (Å²) in [6.07, 6.45) is 7.36. The van der Waals surface area contributed by atoms with Crippen LogP contribution >= 0.6 is 35.3 Å². The summed E-state index contributed by atoms with van der Waals surface area (Å²) in [5.74, 6) is 0.998. The molecule has 3 heterocycles. The number of guanidine groups is 1. The molecule has 0 radical (unpaired) electrons. The number of nitrogens with one attached hydrogen (secondary N) is 1. The summed E-state index contributed by atoms with van der Waals surface area (Å²) in [7, 11) is 0. The van der Waals surface area contributed by atoms with Crippen molar-refractivity contribution in [2.45, 2.75) is 71.1 Å². The summed E-state index contributed by atoms with van der Waals surface area (Å²) < 4.78 is 11.9. The lowest BCUT2D eigenvalue weighted by Gasteiger charge is -2.35. The highest BCUT2D eigenvalue weighted by molar-refractivity contribution is 14.0. The Hall–Kier alpha value is -0.450. The Kier molecular flexibility index (Phi) is 11.0. The van der Waals surface area contributed by atoms with Gasteiger partial charge in [-0.3, -0.25) is 0 Å². The molecule has 28 heavy (non-hydrogen) atoms. The highest BCUT2D eigenvalue weighted by Gasteiger charge is 2.23. The molecule has 2 aliphatic rings. The van der Waals surface area contributed by atoms with Crippen molar-refractivity contribution in [2.24, 2.45) is 4.99 Å². The fourth-order valence-electron chi connectivity index (χ4n) is 3.58. The second kappa shape index (κ2) is 13.0. The Morgan fingerprint density at radius 3 is 2.79 bits per heavy atom. The van der Waals surface area contributed by atoms with Gasteiger partial charge in [-0.05, 0) is 45.4 Å². The van der Waals surface area contributed by atoms with E-state index in [1.54, 1.807) is 11.3 Å². The van der Waals surface area contributed by atoms with Gasteiger partial charge in [0.1, 0.15) is 0 Å². The van der Waals surface area contributed by atoms with Gasteiger partial charge in [0.15, 0.2) is 5.96 Å². The maximum Gasteiger partial charge on any atom is 0.194 e. The number of thiazole rings is 1. The summed E-state index contributed by atoms with van der Waals surface area (Å²) in [5, 5.41) is 6.74. The van der Waals surface area contributed by atoms with Crippen molar-refractivity contribution < 1.29 is 9.47 Å². The lowest BCUT2D eigenvalue weighted by atomic mass is 10.1. The standard InChI is InChI=1S/C20H34N4O2S.HI/c1-3-19-23-16(15-27-19)13-22-20(21-4-2)24-10-8-17(9-11-24)26-14-18-7-5-6-12-25-18;/h15,17-18H,3-14H2,1-2H3,(H,21,22);1H. The largest absolute Gasteiger partial charge is 0.376 e. The number of piperidine rings is 1. The second-order valence-corrected chi connectivity index (χ2v) is 8.21. The van der Waals surface area contributed by atoms with Gasteiger partial charge in [-0.15, -0.1) is 35.3 Å². The Morgan fingerprint density at radius 2 is 2.14 bits per heavy atom. The first-order valence-corrected chi connectivity index (χ1v) is 11.4. The lowest BCUT2D eigenvalue weighted by Crippen LogP contribution is -2.47. The van der Waals surface area contributed by atoms with E-state index in [0.717, 1.165) is 70.2 Å². The van der Waals surface area contributed by atoms with Crippen LogP contribution in [0.5, 0.6) is 0 Å². The monoisotopic (exact) mass is 522 g/mol. The van der Waals surface area contributed by atoms with Gasteiger partial charge in [0.2, 0.25) is 0 Å². The van der Waals surface area contributed by atoms with Crippen LogP contribution in [-0.2, 0) is 22.4 Å². The molecule has 0 amide bonds. The van der Waals surface area contributed by atoms with Crippen LogP contribution in [0, 0.1) is 0 Å². The first kappa shape index (κ1) is 23.8. The number of hydrogen-bond acceptors (Lipinski definition) is 5. The van der Waals surface area contributed by atoms with Crippen molar-refractivity contribution in [1.82, 2.24) is 15.2 Å². The van der Waals surface area contributed by atoms with Crippen molar-refractivity contribution in [1.29, 1.82) is 0 Å². The van der Waals surface area contributed by atoms with Crippen molar-refractivity contribution in [3.05, 3.63) is 16.1 Å². The first-order valence-electron chi connectivity index (χ1n) is 10.5. The number of aryl methyl sites for hydroxylation is 1. The Bertz CT molecular complexity index is 585. The van der Waals surface area contributed by atoms with Gasteiger partial charge >= 0.3 is 0 Å². The van der Waals surface area contributed by atoms with E-state index in [-0.39, 0.29) is 24.0 Å². The fraction of sp³-hybridized carbons (Fsp3) is 0.800. The number of likely N-dealkylation sites (tertiary alicyclic amines) is 1. The summed E-state index contributed by atoms with van der Waals surface area (Å²) in [6, 6.07) is 0. The van der Waals surface area contributed by atoms with Gasteiger partial charge < -0.3 is 19.7 Å². The molecule has 2 aliphatic heterocycles. The number of ether oxygens (including phenoxy) is 2. The molecular formula is C20H35IN4O2S. The third-order valence-corrected chi connectivity index (χ3v) is 6.20. The molecule has 2 fully saturated rings. The molecular weight excluding hydrogens is 487 g/mol. The lowest BCUT2D eigenvalue weighted by molar-refractivity contribution is -0.0721. The quantitative estimate of drug-likeness (QED) is 0.335. The number of rotatable bonds is 7. The van der Waals surface area contributed by atoms with Crippen LogP contribution in [0.2, 0.25) is 0 Å². The second-order valence-electron chi connectivity index (χ2n) is 7.26. The Morgan fingerprint density at radius 1 is 1.32 bits per heavy atom. The van der Waals surface area contributed by atoms with Gasteiger partial charge in [-0.1, -0.05) is 6.92 Å². The van der Waals surface area contributed by atoms with E-state index in [1.165, 1.54) is 17.8 Å². The van der Waals surface area contributed by atoms with Crippen LogP contribution in [0.25, 0.3) is 0 Å². The topological polar surface area (TPSA) is 59.0 Å².